The lowest BCUT2D eigenvalue weighted by Crippen LogP contribution is -2.39. The Morgan fingerprint density at radius 2 is 1.57 bits per heavy atom. The summed E-state index contributed by atoms with van der Waals surface area (Å²) in [7, 11) is 4.65. The first-order chi connectivity index (χ1) is 16.6. The summed E-state index contributed by atoms with van der Waals surface area (Å²) in [6.07, 6.45) is 3.29. The Morgan fingerprint density at radius 3 is 2.20 bits per heavy atom. The highest BCUT2D eigenvalue weighted by Crippen LogP contribution is 2.18. The largest absolute Gasteiger partial charge is 0.467 e. The van der Waals surface area contributed by atoms with Crippen molar-refractivity contribution < 1.29 is 23.9 Å². The molecule has 35 heavy (non-hydrogen) atoms. The van der Waals surface area contributed by atoms with Crippen LogP contribution >= 0.6 is 0 Å². The average Bonchev–Trinajstić information content (AvgIpc) is 3.33. The molecule has 11 nitrogen and oxygen atoms in total. The highest BCUT2D eigenvalue weighted by Gasteiger charge is 2.18. The molecule has 0 saturated heterocycles. The van der Waals surface area contributed by atoms with Gasteiger partial charge in [-0.3, -0.25) is 14.4 Å². The van der Waals surface area contributed by atoms with Crippen molar-refractivity contribution in [1.29, 1.82) is 0 Å². The molecule has 1 aromatic carbocycles. The number of hydrogen-bond acceptors (Lipinski definition) is 6. The zero-order valence-electron chi connectivity index (χ0n) is 19.9. The van der Waals surface area contributed by atoms with Gasteiger partial charge in [-0.25, -0.2) is 4.79 Å². The van der Waals surface area contributed by atoms with E-state index >= 15 is 0 Å². The van der Waals surface area contributed by atoms with Crippen LogP contribution in [0, 0.1) is 0 Å². The van der Waals surface area contributed by atoms with Crippen LogP contribution < -0.4 is 21.7 Å². The Labute approximate surface area is 202 Å². The standard InChI is InChI=1S/C24H28N6O5/c1-14(24(34)35-4)26-21(31)9-15-6-5-7-17(8-15)27-23(33)20-11-18(13-30(20)3)28-22(32)19-10-16(25)12-29(19)2/h5-8,10-14H,9,25H2,1-4H3,(H,26,31)(H,27,33)(H,28,32). The van der Waals surface area contributed by atoms with Crippen LogP contribution in [0.15, 0.2) is 48.8 Å². The Bertz CT molecular complexity index is 1280. The lowest BCUT2D eigenvalue weighted by Gasteiger charge is -2.12. The molecule has 0 saturated carbocycles. The normalized spacial score (nSPS) is 11.4. The lowest BCUT2D eigenvalue weighted by atomic mass is 10.1. The first kappa shape index (κ1) is 25.1. The summed E-state index contributed by atoms with van der Waals surface area (Å²) in [5.74, 6) is -1.63. The van der Waals surface area contributed by atoms with Gasteiger partial charge in [0.25, 0.3) is 11.8 Å². The highest BCUT2D eigenvalue weighted by molar-refractivity contribution is 6.07. The number of ether oxygens (including phenoxy) is 1. The van der Waals surface area contributed by atoms with Gasteiger partial charge in [-0.05, 0) is 36.8 Å². The minimum absolute atomic E-state index is 0.0229. The van der Waals surface area contributed by atoms with Crippen molar-refractivity contribution in [3.8, 4) is 0 Å². The maximum Gasteiger partial charge on any atom is 0.328 e. The number of amides is 3. The van der Waals surface area contributed by atoms with Gasteiger partial charge in [-0.2, -0.15) is 0 Å². The predicted octanol–water partition coefficient (Wildman–Crippen LogP) is 1.67. The van der Waals surface area contributed by atoms with Crippen molar-refractivity contribution in [3.63, 3.8) is 0 Å². The molecule has 3 amide bonds. The van der Waals surface area contributed by atoms with E-state index in [-0.39, 0.29) is 18.2 Å². The zero-order valence-corrected chi connectivity index (χ0v) is 19.9. The maximum absolute atomic E-state index is 12.9. The van der Waals surface area contributed by atoms with Gasteiger partial charge in [0.15, 0.2) is 0 Å². The third-order valence-electron chi connectivity index (χ3n) is 5.24. The molecule has 5 N–H and O–H groups in total. The van der Waals surface area contributed by atoms with E-state index in [1.807, 2.05) is 0 Å². The molecule has 1 atom stereocenters. The Balaban J connectivity index is 1.64. The molecule has 1 unspecified atom stereocenters. The fraction of sp³-hybridized carbons (Fsp3) is 0.250. The van der Waals surface area contributed by atoms with E-state index in [1.54, 1.807) is 72.0 Å². The number of rotatable bonds is 8. The number of methoxy groups -OCH3 is 1. The van der Waals surface area contributed by atoms with E-state index < -0.39 is 17.9 Å². The second-order valence-electron chi connectivity index (χ2n) is 8.09. The highest BCUT2D eigenvalue weighted by atomic mass is 16.5. The molecular formula is C24H28N6O5. The van der Waals surface area contributed by atoms with Crippen molar-refractivity contribution in [3.05, 3.63) is 65.7 Å². The summed E-state index contributed by atoms with van der Waals surface area (Å²) in [6.45, 7) is 1.53. The Morgan fingerprint density at radius 1 is 0.943 bits per heavy atom. The Hall–Kier alpha value is -4.54. The number of carbonyl (C=O) groups is 4. The van der Waals surface area contributed by atoms with Gasteiger partial charge >= 0.3 is 5.97 Å². The Kier molecular flexibility index (Phi) is 7.59. The number of aromatic nitrogens is 2. The van der Waals surface area contributed by atoms with Crippen LogP contribution in [0.4, 0.5) is 17.1 Å². The first-order valence-corrected chi connectivity index (χ1v) is 10.7. The van der Waals surface area contributed by atoms with E-state index in [0.717, 1.165) is 0 Å². The molecular weight excluding hydrogens is 452 g/mol. The summed E-state index contributed by atoms with van der Waals surface area (Å²) >= 11 is 0. The van der Waals surface area contributed by atoms with E-state index in [2.05, 4.69) is 20.7 Å². The van der Waals surface area contributed by atoms with Gasteiger partial charge in [-0.1, -0.05) is 12.1 Å². The fourth-order valence-corrected chi connectivity index (χ4v) is 3.54. The predicted molar refractivity (Wildman–Crippen MR) is 131 cm³/mol. The van der Waals surface area contributed by atoms with Crippen LogP contribution in [0.2, 0.25) is 0 Å². The van der Waals surface area contributed by atoms with E-state index in [0.29, 0.717) is 34.0 Å². The first-order valence-electron chi connectivity index (χ1n) is 10.7. The minimum atomic E-state index is -0.763. The number of hydrogen-bond donors (Lipinski definition) is 4. The molecule has 0 fully saturated rings. The summed E-state index contributed by atoms with van der Waals surface area (Å²) in [4.78, 5) is 49.1. The number of nitrogens with two attached hydrogens (primary N) is 1. The van der Waals surface area contributed by atoms with Crippen LogP contribution in [0.25, 0.3) is 0 Å². The SMILES string of the molecule is COC(=O)C(C)NC(=O)Cc1cccc(NC(=O)c2cc(NC(=O)c3cc(N)cn3C)cn2C)c1. The number of carbonyl (C=O) groups excluding carboxylic acids is 4. The van der Waals surface area contributed by atoms with Crippen molar-refractivity contribution >= 4 is 40.8 Å². The number of benzene rings is 1. The molecule has 3 rings (SSSR count). The van der Waals surface area contributed by atoms with Crippen molar-refractivity contribution in [1.82, 2.24) is 14.5 Å². The topological polar surface area (TPSA) is 149 Å². The third-order valence-corrected chi connectivity index (χ3v) is 5.24. The summed E-state index contributed by atoms with van der Waals surface area (Å²) in [5, 5.41) is 8.11. The molecule has 2 heterocycles. The zero-order chi connectivity index (χ0) is 25.7. The van der Waals surface area contributed by atoms with E-state index in [9.17, 15) is 19.2 Å². The molecule has 11 heteroatoms. The number of nitrogen functional groups attached to an aromatic ring is 1. The quantitative estimate of drug-likeness (QED) is 0.360. The maximum atomic E-state index is 12.9. The molecule has 3 aromatic rings. The summed E-state index contributed by atoms with van der Waals surface area (Å²) in [5.41, 5.74) is 8.51. The van der Waals surface area contributed by atoms with E-state index in [4.69, 9.17) is 5.73 Å². The van der Waals surface area contributed by atoms with Crippen LogP contribution in [0.5, 0.6) is 0 Å². The minimum Gasteiger partial charge on any atom is -0.467 e. The molecule has 0 spiro atoms. The molecule has 2 aromatic heterocycles. The number of nitrogens with one attached hydrogen (secondary N) is 3. The van der Waals surface area contributed by atoms with Gasteiger partial charge in [0, 0.05) is 32.2 Å². The van der Waals surface area contributed by atoms with Gasteiger partial charge in [-0.15, -0.1) is 0 Å². The number of esters is 1. The monoisotopic (exact) mass is 480 g/mol. The number of aryl methyl sites for hydroxylation is 2. The lowest BCUT2D eigenvalue weighted by molar-refractivity contribution is -0.144. The number of nitrogens with zero attached hydrogens (tertiary/aromatic N) is 2. The third kappa shape index (κ3) is 6.28. The van der Waals surface area contributed by atoms with Crippen molar-refractivity contribution in [2.24, 2.45) is 14.1 Å². The van der Waals surface area contributed by atoms with Crippen LogP contribution in [-0.4, -0.2) is 46.0 Å². The van der Waals surface area contributed by atoms with Gasteiger partial charge in [0.2, 0.25) is 5.91 Å². The molecule has 0 aliphatic rings. The van der Waals surface area contributed by atoms with Crippen LogP contribution in [-0.2, 0) is 34.8 Å². The van der Waals surface area contributed by atoms with Gasteiger partial charge in [0.1, 0.15) is 17.4 Å². The van der Waals surface area contributed by atoms with Crippen LogP contribution in [0.3, 0.4) is 0 Å². The summed E-state index contributed by atoms with van der Waals surface area (Å²) < 4.78 is 7.81. The molecule has 0 aliphatic heterocycles. The van der Waals surface area contributed by atoms with E-state index in [1.165, 1.54) is 14.0 Å². The van der Waals surface area contributed by atoms with Gasteiger partial charge < -0.3 is 35.6 Å². The van der Waals surface area contributed by atoms with Crippen molar-refractivity contribution in [2.45, 2.75) is 19.4 Å². The fourth-order valence-electron chi connectivity index (χ4n) is 3.54. The summed E-state index contributed by atoms with van der Waals surface area (Å²) in [6, 6.07) is 9.18. The molecule has 184 valence electrons. The second kappa shape index (κ2) is 10.6. The second-order valence-corrected chi connectivity index (χ2v) is 8.09. The van der Waals surface area contributed by atoms with Crippen LogP contribution in [0.1, 0.15) is 33.5 Å². The number of anilines is 3. The molecule has 0 aliphatic carbocycles. The molecule has 0 bridgehead atoms. The van der Waals surface area contributed by atoms with Crippen molar-refractivity contribution in [2.75, 3.05) is 23.5 Å². The smallest absolute Gasteiger partial charge is 0.328 e. The molecule has 0 radical (unpaired) electrons. The van der Waals surface area contributed by atoms with Gasteiger partial charge in [0.05, 0.1) is 24.9 Å². The average molecular weight is 481 g/mol.